The third-order valence-corrected chi connectivity index (χ3v) is 6.06. The van der Waals surface area contributed by atoms with Gasteiger partial charge in [-0.25, -0.2) is 4.98 Å². The van der Waals surface area contributed by atoms with Crippen molar-refractivity contribution in [2.45, 2.75) is 6.92 Å². The Labute approximate surface area is 185 Å². The van der Waals surface area contributed by atoms with E-state index in [0.717, 1.165) is 20.3 Å². The normalized spacial score (nSPS) is 10.9. The van der Waals surface area contributed by atoms with Crippen LogP contribution in [-0.4, -0.2) is 35.3 Å². The first-order valence-electron chi connectivity index (χ1n) is 9.18. The summed E-state index contributed by atoms with van der Waals surface area (Å²) >= 11 is 4.90. The predicted molar refractivity (Wildman–Crippen MR) is 122 cm³/mol. The van der Waals surface area contributed by atoms with Crippen molar-refractivity contribution in [1.82, 2.24) is 9.88 Å². The molecule has 2 heterocycles. The number of halogens is 1. The third-order valence-electron chi connectivity index (χ3n) is 4.51. The number of aryl methyl sites for hydroxylation is 1. The summed E-state index contributed by atoms with van der Waals surface area (Å²) < 4.78 is 7.72. The molecular formula is C22H18BrN3O3S. The van der Waals surface area contributed by atoms with Crippen molar-refractivity contribution in [1.29, 1.82) is 0 Å². The van der Waals surface area contributed by atoms with Gasteiger partial charge in [0.25, 0.3) is 5.91 Å². The van der Waals surface area contributed by atoms with Crippen LogP contribution in [0.1, 0.15) is 16.1 Å². The number of aromatic nitrogens is 1. The molecule has 0 unspecified atom stereocenters. The molecule has 0 spiro atoms. The van der Waals surface area contributed by atoms with E-state index in [4.69, 9.17) is 4.42 Å². The van der Waals surface area contributed by atoms with Gasteiger partial charge in [0.2, 0.25) is 5.91 Å². The van der Waals surface area contributed by atoms with E-state index in [1.807, 2.05) is 49.4 Å². The molecule has 1 N–H and O–H groups in total. The van der Waals surface area contributed by atoms with E-state index in [0.29, 0.717) is 16.5 Å². The molecule has 0 fully saturated rings. The van der Waals surface area contributed by atoms with Crippen LogP contribution in [0.5, 0.6) is 0 Å². The highest BCUT2D eigenvalue weighted by molar-refractivity contribution is 9.10. The van der Waals surface area contributed by atoms with Crippen LogP contribution in [0.15, 0.2) is 63.5 Å². The second kappa shape index (κ2) is 8.41. The summed E-state index contributed by atoms with van der Waals surface area (Å²) in [7, 11) is 1.57. The highest BCUT2D eigenvalue weighted by atomic mass is 79.9. The summed E-state index contributed by atoms with van der Waals surface area (Å²) in [5.41, 5.74) is 2.53. The van der Waals surface area contributed by atoms with Gasteiger partial charge in [-0.1, -0.05) is 28.1 Å². The van der Waals surface area contributed by atoms with E-state index in [-0.39, 0.29) is 24.1 Å². The molecule has 0 bridgehead atoms. The molecule has 2 amide bonds. The molecule has 8 heteroatoms. The van der Waals surface area contributed by atoms with Crippen molar-refractivity contribution >= 4 is 55.0 Å². The van der Waals surface area contributed by atoms with Crippen LogP contribution in [0, 0.1) is 6.92 Å². The molecule has 0 aliphatic carbocycles. The largest absolute Gasteiger partial charge is 0.448 e. The average Bonchev–Trinajstić information content (AvgIpc) is 3.36. The molecule has 152 valence electrons. The van der Waals surface area contributed by atoms with Crippen molar-refractivity contribution in [2.24, 2.45) is 0 Å². The van der Waals surface area contributed by atoms with Gasteiger partial charge in [0, 0.05) is 17.2 Å². The smallest absolute Gasteiger partial charge is 0.289 e. The van der Waals surface area contributed by atoms with Gasteiger partial charge in [-0.2, -0.15) is 0 Å². The molecule has 30 heavy (non-hydrogen) atoms. The Morgan fingerprint density at radius 3 is 2.73 bits per heavy atom. The Hall–Kier alpha value is -2.97. The number of furan rings is 1. The number of nitrogens with zero attached hydrogens (tertiary/aromatic N) is 2. The highest BCUT2D eigenvalue weighted by Crippen LogP contribution is 2.31. The molecule has 2 aromatic carbocycles. The Kier molecular flexibility index (Phi) is 5.69. The Morgan fingerprint density at radius 1 is 1.17 bits per heavy atom. The van der Waals surface area contributed by atoms with Crippen LogP contribution in [0.2, 0.25) is 0 Å². The second-order valence-electron chi connectivity index (χ2n) is 6.82. The van der Waals surface area contributed by atoms with Crippen LogP contribution in [-0.2, 0) is 4.79 Å². The number of benzene rings is 2. The molecule has 6 nitrogen and oxygen atoms in total. The number of anilines is 1. The molecule has 0 saturated heterocycles. The quantitative estimate of drug-likeness (QED) is 0.415. The summed E-state index contributed by atoms with van der Waals surface area (Å²) in [6.45, 7) is 1.81. The number of amides is 2. The number of carbonyl (C=O) groups excluding carboxylic acids is 2. The standard InChI is InChI=1S/C22H18BrN3O3S/c1-13-11-14(23)7-8-15(13)24-20(27)12-26(2)22(28)18-10-9-17(29-18)21-25-16-5-3-4-6-19(16)30-21/h3-11H,12H2,1-2H3,(H,24,27). The predicted octanol–water partition coefficient (Wildman–Crippen LogP) is 5.34. The first-order chi connectivity index (χ1) is 14.4. The highest BCUT2D eigenvalue weighted by Gasteiger charge is 2.20. The number of hydrogen-bond acceptors (Lipinski definition) is 5. The number of fused-ring (bicyclic) bond motifs is 1. The topological polar surface area (TPSA) is 75.4 Å². The SMILES string of the molecule is Cc1cc(Br)ccc1NC(=O)CN(C)C(=O)c1ccc(-c2nc3ccccc3s2)o1. The third kappa shape index (κ3) is 4.29. The fourth-order valence-electron chi connectivity index (χ4n) is 2.98. The zero-order valence-electron chi connectivity index (χ0n) is 16.3. The zero-order chi connectivity index (χ0) is 21.3. The van der Waals surface area contributed by atoms with Gasteiger partial charge in [-0.15, -0.1) is 11.3 Å². The summed E-state index contributed by atoms with van der Waals surface area (Å²) in [4.78, 5) is 30.9. The monoisotopic (exact) mass is 483 g/mol. The van der Waals surface area contributed by atoms with Crippen LogP contribution in [0.4, 0.5) is 5.69 Å². The minimum Gasteiger partial charge on any atom is -0.448 e. The molecule has 0 aliphatic rings. The van der Waals surface area contributed by atoms with Crippen molar-refractivity contribution in [3.05, 3.63) is 70.4 Å². The van der Waals surface area contributed by atoms with Crippen LogP contribution < -0.4 is 5.32 Å². The lowest BCUT2D eigenvalue weighted by Crippen LogP contribution is -2.34. The van der Waals surface area contributed by atoms with Crippen molar-refractivity contribution in [2.75, 3.05) is 18.9 Å². The lowest BCUT2D eigenvalue weighted by molar-refractivity contribution is -0.116. The maximum absolute atomic E-state index is 12.7. The molecule has 0 radical (unpaired) electrons. The van der Waals surface area contributed by atoms with Crippen molar-refractivity contribution in [3.8, 4) is 10.8 Å². The minimum atomic E-state index is -0.370. The van der Waals surface area contributed by atoms with Crippen molar-refractivity contribution < 1.29 is 14.0 Å². The van der Waals surface area contributed by atoms with E-state index in [2.05, 4.69) is 26.2 Å². The number of nitrogens with one attached hydrogen (secondary N) is 1. The fraction of sp³-hybridized carbons (Fsp3) is 0.136. The Bertz CT molecular complexity index is 1210. The van der Waals surface area contributed by atoms with Crippen LogP contribution in [0.3, 0.4) is 0 Å². The fourth-order valence-corrected chi connectivity index (χ4v) is 4.38. The van der Waals surface area contributed by atoms with Gasteiger partial charge in [0.05, 0.1) is 16.8 Å². The summed E-state index contributed by atoms with van der Waals surface area (Å²) in [6, 6.07) is 16.7. The first kappa shape index (κ1) is 20.3. The van der Waals surface area contributed by atoms with Gasteiger partial charge < -0.3 is 14.6 Å². The van der Waals surface area contributed by atoms with E-state index in [9.17, 15) is 9.59 Å². The number of likely N-dealkylation sites (N-methyl/N-ethyl adjacent to an activating group) is 1. The van der Waals surface area contributed by atoms with Crippen LogP contribution >= 0.6 is 27.3 Å². The van der Waals surface area contributed by atoms with E-state index in [1.54, 1.807) is 19.2 Å². The van der Waals surface area contributed by atoms with Gasteiger partial charge >= 0.3 is 0 Å². The van der Waals surface area contributed by atoms with E-state index in [1.165, 1.54) is 16.2 Å². The van der Waals surface area contributed by atoms with E-state index < -0.39 is 0 Å². The van der Waals surface area contributed by atoms with Crippen molar-refractivity contribution in [3.63, 3.8) is 0 Å². The Morgan fingerprint density at radius 2 is 1.97 bits per heavy atom. The number of para-hydroxylation sites is 1. The molecule has 4 aromatic rings. The van der Waals surface area contributed by atoms with E-state index >= 15 is 0 Å². The molecule has 0 saturated carbocycles. The molecule has 4 rings (SSSR count). The first-order valence-corrected chi connectivity index (χ1v) is 10.8. The zero-order valence-corrected chi connectivity index (χ0v) is 18.7. The van der Waals surface area contributed by atoms with Gasteiger partial charge in [0.15, 0.2) is 16.5 Å². The maximum Gasteiger partial charge on any atom is 0.289 e. The van der Waals surface area contributed by atoms with Gasteiger partial charge in [-0.3, -0.25) is 9.59 Å². The number of carbonyl (C=O) groups is 2. The average molecular weight is 484 g/mol. The summed E-state index contributed by atoms with van der Waals surface area (Å²) in [5.74, 6) is 0.0431. The van der Waals surface area contributed by atoms with Gasteiger partial charge in [-0.05, 0) is 55.0 Å². The number of thiazole rings is 1. The maximum atomic E-state index is 12.7. The lowest BCUT2D eigenvalue weighted by atomic mass is 10.2. The Balaban J connectivity index is 1.43. The number of hydrogen-bond donors (Lipinski definition) is 1. The molecular weight excluding hydrogens is 466 g/mol. The number of rotatable bonds is 5. The second-order valence-corrected chi connectivity index (χ2v) is 8.77. The summed E-state index contributed by atoms with van der Waals surface area (Å²) in [6.07, 6.45) is 0. The molecule has 0 aliphatic heterocycles. The molecule has 2 aromatic heterocycles. The molecule has 0 atom stereocenters. The minimum absolute atomic E-state index is 0.0918. The summed E-state index contributed by atoms with van der Waals surface area (Å²) in [5, 5.41) is 3.54. The van der Waals surface area contributed by atoms with Crippen LogP contribution in [0.25, 0.3) is 21.0 Å². The van der Waals surface area contributed by atoms with Gasteiger partial charge in [0.1, 0.15) is 0 Å². The lowest BCUT2D eigenvalue weighted by Gasteiger charge is -2.16.